The summed E-state index contributed by atoms with van der Waals surface area (Å²) >= 11 is 0. The van der Waals surface area contributed by atoms with Crippen LogP contribution < -0.4 is 10.2 Å². The summed E-state index contributed by atoms with van der Waals surface area (Å²) in [6.07, 6.45) is 7.05. The molecule has 1 N–H and O–H groups in total. The second-order valence-electron chi connectivity index (χ2n) is 5.26. The van der Waals surface area contributed by atoms with Crippen LogP contribution in [0.15, 0.2) is 24.5 Å². The summed E-state index contributed by atoms with van der Waals surface area (Å²) in [4.78, 5) is 15.6. The number of rotatable bonds is 5. The molecule has 1 saturated heterocycles. The molecule has 5 nitrogen and oxygen atoms in total. The SMILES string of the molecule is CCCNCC1CCCN1c1ccc2nccnc2n1. The molecule has 0 aliphatic carbocycles. The highest BCUT2D eigenvalue weighted by atomic mass is 15.2. The summed E-state index contributed by atoms with van der Waals surface area (Å²) in [6.45, 7) is 5.40. The number of fused-ring (bicyclic) bond motifs is 1. The zero-order valence-electron chi connectivity index (χ0n) is 11.9. The lowest BCUT2D eigenvalue weighted by molar-refractivity contribution is 0.569. The van der Waals surface area contributed by atoms with Gasteiger partial charge in [0, 0.05) is 31.5 Å². The Morgan fingerprint density at radius 2 is 2.20 bits per heavy atom. The second kappa shape index (κ2) is 6.13. The number of anilines is 1. The van der Waals surface area contributed by atoms with Crippen LogP contribution in [0, 0.1) is 0 Å². The third kappa shape index (κ3) is 2.72. The Hall–Kier alpha value is -1.75. The van der Waals surface area contributed by atoms with Crippen molar-refractivity contribution < 1.29 is 0 Å². The molecule has 0 aromatic carbocycles. The maximum absolute atomic E-state index is 4.66. The van der Waals surface area contributed by atoms with Crippen molar-refractivity contribution in [3.63, 3.8) is 0 Å². The standard InChI is InChI=1S/C15H21N5/c1-2-7-16-11-12-4-3-10-20(12)14-6-5-13-15(19-14)18-9-8-17-13/h5-6,8-9,12,16H,2-4,7,10-11H2,1H3. The smallest absolute Gasteiger partial charge is 0.180 e. The number of hydrogen-bond donors (Lipinski definition) is 1. The molecule has 5 heteroatoms. The van der Waals surface area contributed by atoms with Crippen LogP contribution >= 0.6 is 0 Å². The molecule has 0 saturated carbocycles. The summed E-state index contributed by atoms with van der Waals surface area (Å²) in [5.41, 5.74) is 1.59. The molecule has 0 spiro atoms. The first-order valence-electron chi connectivity index (χ1n) is 7.43. The van der Waals surface area contributed by atoms with Gasteiger partial charge < -0.3 is 10.2 Å². The normalized spacial score (nSPS) is 18.9. The van der Waals surface area contributed by atoms with Crippen LogP contribution in [0.3, 0.4) is 0 Å². The van der Waals surface area contributed by atoms with Crippen molar-refractivity contribution in [3.05, 3.63) is 24.5 Å². The molecule has 1 atom stereocenters. The van der Waals surface area contributed by atoms with E-state index >= 15 is 0 Å². The first kappa shape index (κ1) is 13.2. The van der Waals surface area contributed by atoms with Gasteiger partial charge in [-0.05, 0) is 37.9 Å². The summed E-state index contributed by atoms with van der Waals surface area (Å²) in [6, 6.07) is 4.62. The van der Waals surface area contributed by atoms with Gasteiger partial charge in [-0.2, -0.15) is 0 Å². The summed E-state index contributed by atoms with van der Waals surface area (Å²) in [5, 5.41) is 3.52. The van der Waals surface area contributed by atoms with Crippen molar-refractivity contribution in [1.82, 2.24) is 20.3 Å². The van der Waals surface area contributed by atoms with Crippen LogP contribution in [-0.2, 0) is 0 Å². The number of nitrogens with zero attached hydrogens (tertiary/aromatic N) is 4. The predicted molar refractivity (Wildman–Crippen MR) is 80.9 cm³/mol. The highest BCUT2D eigenvalue weighted by Gasteiger charge is 2.25. The molecule has 3 heterocycles. The average molecular weight is 271 g/mol. The van der Waals surface area contributed by atoms with Crippen molar-refractivity contribution >= 4 is 17.0 Å². The molecule has 1 aliphatic heterocycles. The van der Waals surface area contributed by atoms with Crippen molar-refractivity contribution in [2.45, 2.75) is 32.2 Å². The van der Waals surface area contributed by atoms with Gasteiger partial charge >= 0.3 is 0 Å². The Balaban J connectivity index is 1.78. The molecular formula is C15H21N5. The first-order chi connectivity index (χ1) is 9.88. The highest BCUT2D eigenvalue weighted by molar-refractivity contribution is 5.71. The average Bonchev–Trinajstić information content (AvgIpc) is 2.95. The Labute approximate surface area is 119 Å². The molecule has 0 radical (unpaired) electrons. The van der Waals surface area contributed by atoms with E-state index in [0.717, 1.165) is 36.6 Å². The van der Waals surface area contributed by atoms with Gasteiger partial charge in [-0.3, -0.25) is 4.98 Å². The largest absolute Gasteiger partial charge is 0.352 e. The second-order valence-corrected chi connectivity index (χ2v) is 5.26. The van der Waals surface area contributed by atoms with E-state index in [2.05, 4.69) is 38.2 Å². The lowest BCUT2D eigenvalue weighted by Gasteiger charge is -2.26. The van der Waals surface area contributed by atoms with Crippen molar-refractivity contribution in [2.75, 3.05) is 24.5 Å². The highest BCUT2D eigenvalue weighted by Crippen LogP contribution is 2.24. The first-order valence-corrected chi connectivity index (χ1v) is 7.43. The Bertz CT molecular complexity index is 571. The van der Waals surface area contributed by atoms with Crippen LogP contribution in [0.2, 0.25) is 0 Å². The molecule has 106 valence electrons. The van der Waals surface area contributed by atoms with E-state index in [1.807, 2.05) is 6.07 Å². The fraction of sp³-hybridized carbons (Fsp3) is 0.533. The summed E-state index contributed by atoms with van der Waals surface area (Å²) < 4.78 is 0. The lowest BCUT2D eigenvalue weighted by Crippen LogP contribution is -2.38. The molecule has 1 unspecified atom stereocenters. The predicted octanol–water partition coefficient (Wildman–Crippen LogP) is 1.99. The lowest BCUT2D eigenvalue weighted by atomic mass is 10.2. The van der Waals surface area contributed by atoms with E-state index in [-0.39, 0.29) is 0 Å². The Kier molecular flexibility index (Phi) is 4.06. The maximum atomic E-state index is 4.66. The molecule has 0 amide bonds. The molecule has 2 aromatic heterocycles. The monoisotopic (exact) mass is 271 g/mol. The van der Waals surface area contributed by atoms with E-state index in [1.54, 1.807) is 12.4 Å². The minimum Gasteiger partial charge on any atom is -0.352 e. The van der Waals surface area contributed by atoms with E-state index in [9.17, 15) is 0 Å². The zero-order chi connectivity index (χ0) is 13.8. The maximum Gasteiger partial charge on any atom is 0.180 e. The number of aromatic nitrogens is 3. The number of nitrogens with one attached hydrogen (secondary N) is 1. The van der Waals surface area contributed by atoms with Crippen molar-refractivity contribution in [1.29, 1.82) is 0 Å². The fourth-order valence-electron chi connectivity index (χ4n) is 2.80. The summed E-state index contributed by atoms with van der Waals surface area (Å²) in [7, 11) is 0. The van der Waals surface area contributed by atoms with Crippen LogP contribution in [-0.4, -0.2) is 40.6 Å². The van der Waals surface area contributed by atoms with Gasteiger partial charge in [0.1, 0.15) is 11.3 Å². The molecule has 20 heavy (non-hydrogen) atoms. The van der Waals surface area contributed by atoms with Crippen molar-refractivity contribution in [2.24, 2.45) is 0 Å². The van der Waals surface area contributed by atoms with Gasteiger partial charge in [0.05, 0.1) is 0 Å². The van der Waals surface area contributed by atoms with Gasteiger partial charge in [0.2, 0.25) is 0 Å². The van der Waals surface area contributed by atoms with Gasteiger partial charge in [-0.15, -0.1) is 0 Å². The van der Waals surface area contributed by atoms with E-state index in [1.165, 1.54) is 19.3 Å². The molecule has 0 bridgehead atoms. The number of hydrogen-bond acceptors (Lipinski definition) is 5. The topological polar surface area (TPSA) is 53.9 Å². The third-order valence-corrected chi connectivity index (χ3v) is 3.80. The zero-order valence-corrected chi connectivity index (χ0v) is 11.9. The quantitative estimate of drug-likeness (QED) is 0.843. The number of pyridine rings is 1. The van der Waals surface area contributed by atoms with E-state index in [0.29, 0.717) is 6.04 Å². The van der Waals surface area contributed by atoms with Gasteiger partial charge in [-0.25, -0.2) is 9.97 Å². The van der Waals surface area contributed by atoms with Crippen LogP contribution in [0.5, 0.6) is 0 Å². The Morgan fingerprint density at radius 1 is 1.30 bits per heavy atom. The summed E-state index contributed by atoms with van der Waals surface area (Å²) in [5.74, 6) is 1.03. The molecule has 1 fully saturated rings. The van der Waals surface area contributed by atoms with E-state index < -0.39 is 0 Å². The van der Waals surface area contributed by atoms with Gasteiger partial charge in [-0.1, -0.05) is 6.92 Å². The molecule has 2 aromatic rings. The molecular weight excluding hydrogens is 250 g/mol. The molecule has 1 aliphatic rings. The van der Waals surface area contributed by atoms with Crippen molar-refractivity contribution in [3.8, 4) is 0 Å². The van der Waals surface area contributed by atoms with Crippen LogP contribution in [0.25, 0.3) is 11.2 Å². The fourth-order valence-corrected chi connectivity index (χ4v) is 2.80. The minimum absolute atomic E-state index is 0.545. The van der Waals surface area contributed by atoms with Crippen LogP contribution in [0.4, 0.5) is 5.82 Å². The third-order valence-electron chi connectivity index (χ3n) is 3.80. The van der Waals surface area contributed by atoms with E-state index in [4.69, 9.17) is 0 Å². The van der Waals surface area contributed by atoms with Gasteiger partial charge in [0.15, 0.2) is 5.65 Å². The Morgan fingerprint density at radius 3 is 3.10 bits per heavy atom. The molecule has 3 rings (SSSR count). The minimum atomic E-state index is 0.545. The van der Waals surface area contributed by atoms with Crippen LogP contribution in [0.1, 0.15) is 26.2 Å². The van der Waals surface area contributed by atoms with Gasteiger partial charge in [0.25, 0.3) is 0 Å².